The number of aliphatic hydroxyl groups excluding tert-OH is 1. The maximum Gasteiger partial charge on any atom is 0.246 e. The number of aliphatic hydroxyl groups is 1. The molecule has 0 spiro atoms. The number of amides is 2. The molecule has 0 unspecified atom stereocenters. The van der Waals surface area contributed by atoms with Crippen molar-refractivity contribution in [2.45, 2.75) is 78.7 Å². The van der Waals surface area contributed by atoms with Crippen LogP contribution in [-0.4, -0.2) is 56.8 Å². The van der Waals surface area contributed by atoms with E-state index in [-0.39, 0.29) is 12.5 Å². The molecule has 0 aliphatic carbocycles. The van der Waals surface area contributed by atoms with E-state index < -0.39 is 47.5 Å². The fourth-order valence-electron chi connectivity index (χ4n) is 5.19. The van der Waals surface area contributed by atoms with Gasteiger partial charge in [-0.05, 0) is 36.3 Å². The third-order valence-electron chi connectivity index (χ3n) is 7.23. The predicted octanol–water partition coefficient (Wildman–Crippen LogP) is 4.97. The first-order valence-electron chi connectivity index (χ1n) is 13.2. The number of hydrogen-bond acceptors (Lipinski definition) is 7. The number of aromatic nitrogens is 2. The summed E-state index contributed by atoms with van der Waals surface area (Å²) >= 11 is 1.56. The number of β-amino-alcohol motifs (C(OH)–C–C–N with tert-alkyl or cyclic N) is 1. The van der Waals surface area contributed by atoms with E-state index in [0.717, 1.165) is 26.6 Å². The van der Waals surface area contributed by atoms with E-state index in [1.54, 1.807) is 29.8 Å². The zero-order valence-corrected chi connectivity index (χ0v) is 24.3. The second kappa shape index (κ2) is 11.2. The molecule has 1 aliphatic rings. The Morgan fingerprint density at radius 1 is 1.21 bits per heavy atom. The minimum absolute atomic E-state index is 0.201. The average molecular weight is 557 g/mol. The van der Waals surface area contributed by atoms with Gasteiger partial charge in [0.05, 0.1) is 34.4 Å². The fourth-order valence-corrected chi connectivity index (χ4v) is 6.00. The highest BCUT2D eigenvalue weighted by Crippen LogP contribution is 2.37. The van der Waals surface area contributed by atoms with E-state index in [9.17, 15) is 14.7 Å². The van der Waals surface area contributed by atoms with Crippen molar-refractivity contribution in [3.8, 4) is 10.4 Å². The van der Waals surface area contributed by atoms with Crippen LogP contribution >= 0.6 is 11.3 Å². The molecular weight excluding hydrogens is 519 g/mol. The molecule has 39 heavy (non-hydrogen) atoms. The molecule has 4 rings (SSSR count). The smallest absolute Gasteiger partial charge is 0.246 e. The van der Waals surface area contributed by atoms with Crippen LogP contribution in [0.2, 0.25) is 0 Å². The van der Waals surface area contributed by atoms with Crippen LogP contribution in [0.1, 0.15) is 69.3 Å². The van der Waals surface area contributed by atoms with Crippen LogP contribution in [0.15, 0.2) is 40.4 Å². The molecule has 8 nitrogen and oxygen atoms in total. The monoisotopic (exact) mass is 556 g/mol. The zero-order chi connectivity index (χ0) is 28.6. The zero-order valence-electron chi connectivity index (χ0n) is 23.4. The second-order valence-corrected chi connectivity index (χ2v) is 12.6. The van der Waals surface area contributed by atoms with E-state index in [1.165, 1.54) is 0 Å². The summed E-state index contributed by atoms with van der Waals surface area (Å²) in [6, 6.07) is 7.60. The third-order valence-corrected chi connectivity index (χ3v) is 8.21. The number of hydrogen-bond donors (Lipinski definition) is 2. The van der Waals surface area contributed by atoms with Gasteiger partial charge in [-0.15, -0.1) is 11.3 Å². The van der Waals surface area contributed by atoms with Gasteiger partial charge in [-0.25, -0.2) is 9.37 Å². The molecule has 210 valence electrons. The van der Waals surface area contributed by atoms with Crippen molar-refractivity contribution in [3.63, 3.8) is 0 Å². The number of aryl methyl sites for hydroxylation is 2. The fraction of sp³-hybridized carbons (Fsp3) is 0.517. The van der Waals surface area contributed by atoms with Gasteiger partial charge in [-0.1, -0.05) is 64.0 Å². The molecule has 2 N–H and O–H groups in total. The van der Waals surface area contributed by atoms with Gasteiger partial charge in [0.1, 0.15) is 23.8 Å². The van der Waals surface area contributed by atoms with E-state index in [2.05, 4.69) is 15.5 Å². The summed E-state index contributed by atoms with van der Waals surface area (Å²) in [6.45, 7) is 13.1. The molecule has 5 atom stereocenters. The van der Waals surface area contributed by atoms with E-state index in [4.69, 9.17) is 4.52 Å². The van der Waals surface area contributed by atoms with Gasteiger partial charge in [-0.3, -0.25) is 9.59 Å². The van der Waals surface area contributed by atoms with Gasteiger partial charge in [-0.2, -0.15) is 0 Å². The van der Waals surface area contributed by atoms with Crippen LogP contribution in [0.4, 0.5) is 4.39 Å². The number of nitrogens with zero attached hydrogens (tertiary/aromatic N) is 3. The van der Waals surface area contributed by atoms with Crippen LogP contribution in [0, 0.1) is 25.2 Å². The van der Waals surface area contributed by atoms with Crippen LogP contribution in [-0.2, 0) is 9.59 Å². The van der Waals surface area contributed by atoms with Gasteiger partial charge in [0, 0.05) is 6.07 Å². The Kier molecular flexibility index (Phi) is 8.28. The molecule has 2 amide bonds. The minimum Gasteiger partial charge on any atom is -0.388 e. The number of thiazole rings is 1. The first-order chi connectivity index (χ1) is 18.3. The van der Waals surface area contributed by atoms with Crippen molar-refractivity contribution >= 4 is 23.2 Å². The Balaban J connectivity index is 1.61. The Hall–Kier alpha value is -3.11. The third kappa shape index (κ3) is 5.91. The molecule has 0 saturated carbocycles. The number of halogens is 1. The standard InChI is InChI=1S/C29H37FN4O4S/c1-15(2)22(21-12-16(3)33-38-21)28(37)34-13-20(35)23(30)24(34)27(36)32-26(29(5,6)7)19-10-8-18(9-11-19)25-17(4)31-14-39-25/h8-12,14-15,20,22-24,26,35H,13H2,1-7H3,(H,32,36)/t20-,22+,23-,24-,26+/m0/s1. The molecule has 1 fully saturated rings. The van der Waals surface area contributed by atoms with Crippen molar-refractivity contribution in [2.75, 3.05) is 6.54 Å². The second-order valence-electron chi connectivity index (χ2n) is 11.7. The maximum atomic E-state index is 15.4. The summed E-state index contributed by atoms with van der Waals surface area (Å²) < 4.78 is 20.7. The molecule has 2 aromatic heterocycles. The van der Waals surface area contributed by atoms with Crippen LogP contribution in [0.3, 0.4) is 0 Å². The van der Waals surface area contributed by atoms with Gasteiger partial charge >= 0.3 is 0 Å². The van der Waals surface area contributed by atoms with E-state index in [0.29, 0.717) is 11.5 Å². The molecule has 10 heteroatoms. The van der Waals surface area contributed by atoms with Crippen LogP contribution in [0.25, 0.3) is 10.4 Å². The Bertz CT molecular complexity index is 1310. The number of nitrogens with one attached hydrogen (secondary N) is 1. The van der Waals surface area contributed by atoms with E-state index >= 15 is 4.39 Å². The number of benzene rings is 1. The SMILES string of the molecule is Cc1cc([C@H](C(=O)N2C[C@H](O)[C@H](F)[C@H]2C(=O)N[C@H](c2ccc(-c3scnc3C)cc2)C(C)(C)C)C(C)C)on1. The molecule has 1 aliphatic heterocycles. The quantitative estimate of drug-likeness (QED) is 0.426. The number of carbonyl (C=O) groups excluding carboxylic acids is 2. The summed E-state index contributed by atoms with van der Waals surface area (Å²) in [4.78, 5) is 33.9. The van der Waals surface area contributed by atoms with Crippen molar-refractivity contribution in [3.05, 3.63) is 58.6 Å². The molecule has 1 aromatic carbocycles. The van der Waals surface area contributed by atoms with Crippen LogP contribution in [0.5, 0.6) is 0 Å². The number of alkyl halides is 1. The summed E-state index contributed by atoms with van der Waals surface area (Å²) in [5, 5.41) is 17.3. The molecule has 0 radical (unpaired) electrons. The molecule has 1 saturated heterocycles. The van der Waals surface area contributed by atoms with Gasteiger partial charge in [0.25, 0.3) is 0 Å². The van der Waals surface area contributed by atoms with Crippen molar-refractivity contribution < 1.29 is 23.6 Å². The molecule has 0 bridgehead atoms. The number of carbonyl (C=O) groups is 2. The summed E-state index contributed by atoms with van der Waals surface area (Å²) in [7, 11) is 0. The predicted molar refractivity (Wildman–Crippen MR) is 148 cm³/mol. The largest absolute Gasteiger partial charge is 0.388 e. The summed E-state index contributed by atoms with van der Waals surface area (Å²) in [5.41, 5.74) is 4.83. The number of likely N-dealkylation sites (tertiary alicyclic amines) is 1. The van der Waals surface area contributed by atoms with Gasteiger partial charge < -0.3 is 19.8 Å². The first kappa shape index (κ1) is 28.9. The first-order valence-corrected chi connectivity index (χ1v) is 14.0. The average Bonchev–Trinajstić information content (AvgIpc) is 3.56. The topological polar surface area (TPSA) is 109 Å². The van der Waals surface area contributed by atoms with Crippen LogP contribution < -0.4 is 5.32 Å². The summed E-state index contributed by atoms with van der Waals surface area (Å²) in [5.74, 6) is -1.73. The van der Waals surface area contributed by atoms with Crippen molar-refractivity contribution in [1.82, 2.24) is 20.4 Å². The Morgan fingerprint density at radius 3 is 2.38 bits per heavy atom. The molecule has 3 aromatic rings. The molecular formula is C29H37FN4O4S. The van der Waals surface area contributed by atoms with Gasteiger partial charge in [0.15, 0.2) is 6.17 Å². The Labute approximate surface area is 232 Å². The lowest BCUT2D eigenvalue weighted by molar-refractivity contribution is -0.142. The normalized spacial score (nSPS) is 21.3. The maximum absolute atomic E-state index is 15.4. The minimum atomic E-state index is -1.92. The van der Waals surface area contributed by atoms with E-state index in [1.807, 2.05) is 65.8 Å². The highest BCUT2D eigenvalue weighted by atomic mass is 32.1. The number of rotatable bonds is 7. The lowest BCUT2D eigenvalue weighted by Crippen LogP contribution is -2.52. The van der Waals surface area contributed by atoms with Crippen molar-refractivity contribution in [2.24, 2.45) is 11.3 Å². The Morgan fingerprint density at radius 2 is 1.87 bits per heavy atom. The lowest BCUT2D eigenvalue weighted by Gasteiger charge is -2.35. The highest BCUT2D eigenvalue weighted by Gasteiger charge is 2.50. The lowest BCUT2D eigenvalue weighted by atomic mass is 9.82. The van der Waals surface area contributed by atoms with Gasteiger partial charge in [0.2, 0.25) is 11.8 Å². The van der Waals surface area contributed by atoms with Crippen molar-refractivity contribution in [1.29, 1.82) is 0 Å². The highest BCUT2D eigenvalue weighted by molar-refractivity contribution is 7.13. The summed E-state index contributed by atoms with van der Waals surface area (Å²) in [6.07, 6.45) is -3.39. The molecule has 3 heterocycles.